The summed E-state index contributed by atoms with van der Waals surface area (Å²) < 4.78 is 28.8. The summed E-state index contributed by atoms with van der Waals surface area (Å²) in [6, 6.07) is 7.36. The smallest absolute Gasteiger partial charge is 0.260 e. The molecule has 0 aromatic heterocycles. The molecule has 2 bridgehead atoms. The lowest BCUT2D eigenvalue weighted by molar-refractivity contribution is -0.133. The summed E-state index contributed by atoms with van der Waals surface area (Å²) in [5.74, 6) is 0.668. The quantitative estimate of drug-likeness (QED) is 0.826. The molecule has 0 aliphatic carbocycles. The molecule has 0 N–H and O–H groups in total. The molecule has 0 spiro atoms. The first kappa shape index (κ1) is 13.4. The Bertz CT molecular complexity index is 640. The number of hydrogen-bond donors (Lipinski definition) is 0. The van der Waals surface area contributed by atoms with Gasteiger partial charge in [0, 0.05) is 12.6 Å². The van der Waals surface area contributed by atoms with Gasteiger partial charge in [0.05, 0.1) is 11.0 Å². The van der Waals surface area contributed by atoms with E-state index in [9.17, 15) is 13.2 Å². The molecule has 108 valence electrons. The minimum absolute atomic E-state index is 0.0336. The molecular weight excluding hydrogens is 278 g/mol. The molecule has 2 heterocycles. The van der Waals surface area contributed by atoms with E-state index >= 15 is 0 Å². The summed E-state index contributed by atoms with van der Waals surface area (Å²) in [7, 11) is -2.96. The molecule has 20 heavy (non-hydrogen) atoms. The summed E-state index contributed by atoms with van der Waals surface area (Å²) in [6.45, 7) is 2.21. The average molecular weight is 295 g/mol. The largest absolute Gasteiger partial charge is 0.484 e. The van der Waals surface area contributed by atoms with Gasteiger partial charge in [0.25, 0.3) is 5.91 Å². The molecule has 5 nitrogen and oxygen atoms in total. The second-order valence-electron chi connectivity index (χ2n) is 5.44. The van der Waals surface area contributed by atoms with Crippen molar-refractivity contribution >= 4 is 15.7 Å². The molecule has 1 amide bonds. The van der Waals surface area contributed by atoms with Gasteiger partial charge in [0.1, 0.15) is 5.75 Å². The van der Waals surface area contributed by atoms with Crippen LogP contribution in [-0.2, 0) is 14.6 Å². The molecule has 2 fully saturated rings. The number of sulfone groups is 1. The topological polar surface area (TPSA) is 63.7 Å². The van der Waals surface area contributed by atoms with Crippen LogP contribution in [0.5, 0.6) is 5.75 Å². The van der Waals surface area contributed by atoms with Crippen LogP contribution in [0.4, 0.5) is 0 Å². The Morgan fingerprint density at radius 2 is 2.15 bits per heavy atom. The van der Waals surface area contributed by atoms with Crippen LogP contribution in [0.1, 0.15) is 12.0 Å². The zero-order valence-electron chi connectivity index (χ0n) is 11.3. The minimum Gasteiger partial charge on any atom is -0.484 e. The fraction of sp³-hybridized carbons (Fsp3) is 0.500. The third kappa shape index (κ3) is 2.28. The van der Waals surface area contributed by atoms with E-state index in [1.54, 1.807) is 4.90 Å². The van der Waals surface area contributed by atoms with Gasteiger partial charge in [0.15, 0.2) is 16.4 Å². The van der Waals surface area contributed by atoms with E-state index in [-0.39, 0.29) is 29.6 Å². The summed E-state index contributed by atoms with van der Waals surface area (Å²) in [5.41, 5.74) is 0.978. The Labute approximate surface area is 118 Å². The number of carbonyl (C=O) groups excluding carboxylic acids is 1. The van der Waals surface area contributed by atoms with Crippen molar-refractivity contribution < 1.29 is 17.9 Å². The Morgan fingerprint density at radius 3 is 2.75 bits per heavy atom. The van der Waals surface area contributed by atoms with Crippen LogP contribution >= 0.6 is 0 Å². The van der Waals surface area contributed by atoms with Crippen molar-refractivity contribution in [2.45, 2.75) is 24.6 Å². The van der Waals surface area contributed by atoms with Gasteiger partial charge in [-0.05, 0) is 25.0 Å². The highest BCUT2D eigenvalue weighted by atomic mass is 32.2. The molecule has 2 saturated heterocycles. The number of rotatable bonds is 3. The Kier molecular flexibility index (Phi) is 3.20. The first-order chi connectivity index (χ1) is 9.47. The highest BCUT2D eigenvalue weighted by Crippen LogP contribution is 2.32. The minimum atomic E-state index is -2.96. The lowest BCUT2D eigenvalue weighted by Gasteiger charge is -2.26. The summed E-state index contributed by atoms with van der Waals surface area (Å²) in [5, 5.41) is -0.366. The number of ether oxygens (including phenoxy) is 1. The number of amides is 1. The van der Waals surface area contributed by atoms with Crippen LogP contribution < -0.4 is 4.74 Å². The van der Waals surface area contributed by atoms with Crippen molar-refractivity contribution in [3.05, 3.63) is 29.8 Å². The van der Waals surface area contributed by atoms with Gasteiger partial charge in [-0.15, -0.1) is 0 Å². The zero-order chi connectivity index (χ0) is 14.3. The maximum Gasteiger partial charge on any atom is 0.260 e. The van der Waals surface area contributed by atoms with Crippen molar-refractivity contribution in [1.82, 2.24) is 4.90 Å². The number of benzene rings is 1. The molecule has 2 aliphatic heterocycles. The van der Waals surface area contributed by atoms with Crippen molar-refractivity contribution in [2.24, 2.45) is 0 Å². The molecule has 0 saturated carbocycles. The van der Waals surface area contributed by atoms with Crippen LogP contribution in [0.3, 0.4) is 0 Å². The van der Waals surface area contributed by atoms with E-state index in [1.165, 1.54) is 0 Å². The van der Waals surface area contributed by atoms with E-state index < -0.39 is 9.84 Å². The number of fused-ring (bicyclic) bond motifs is 2. The average Bonchev–Trinajstić information content (AvgIpc) is 2.93. The van der Waals surface area contributed by atoms with Crippen LogP contribution in [0.2, 0.25) is 0 Å². The summed E-state index contributed by atoms with van der Waals surface area (Å²) in [4.78, 5) is 13.8. The number of carbonyl (C=O) groups is 1. The third-order valence-corrected chi connectivity index (χ3v) is 6.28. The summed E-state index contributed by atoms with van der Waals surface area (Å²) >= 11 is 0. The lowest BCUT2D eigenvalue weighted by Crippen LogP contribution is -2.45. The fourth-order valence-corrected chi connectivity index (χ4v) is 4.97. The molecule has 2 unspecified atom stereocenters. The van der Waals surface area contributed by atoms with E-state index in [2.05, 4.69) is 0 Å². The number of aryl methyl sites for hydroxylation is 1. The molecule has 6 heteroatoms. The van der Waals surface area contributed by atoms with E-state index in [4.69, 9.17) is 4.74 Å². The van der Waals surface area contributed by atoms with Gasteiger partial charge in [0.2, 0.25) is 0 Å². The molecular formula is C14H17NO4S. The predicted octanol–water partition coefficient (Wildman–Crippen LogP) is 0.772. The second kappa shape index (κ2) is 4.77. The summed E-state index contributed by atoms with van der Waals surface area (Å²) in [6.07, 6.45) is 0.582. The van der Waals surface area contributed by atoms with Crippen LogP contribution in [-0.4, -0.2) is 49.4 Å². The van der Waals surface area contributed by atoms with E-state index in [0.29, 0.717) is 18.7 Å². The van der Waals surface area contributed by atoms with Gasteiger partial charge in [-0.3, -0.25) is 4.79 Å². The molecule has 2 aliphatic rings. The molecule has 2 atom stereocenters. The number of hydrogen-bond acceptors (Lipinski definition) is 4. The Hall–Kier alpha value is -1.56. The maximum absolute atomic E-state index is 12.1. The molecule has 1 aromatic carbocycles. The van der Waals surface area contributed by atoms with Crippen molar-refractivity contribution in [1.29, 1.82) is 0 Å². The van der Waals surface area contributed by atoms with Gasteiger partial charge in [-0.2, -0.15) is 0 Å². The number of para-hydroxylation sites is 1. The highest BCUT2D eigenvalue weighted by molar-refractivity contribution is 7.92. The molecule has 0 radical (unpaired) electrons. The molecule has 3 rings (SSSR count). The van der Waals surface area contributed by atoms with Gasteiger partial charge in [-0.1, -0.05) is 18.2 Å². The van der Waals surface area contributed by atoms with E-state index in [0.717, 1.165) is 5.56 Å². The normalized spacial score (nSPS) is 26.8. The van der Waals surface area contributed by atoms with Crippen LogP contribution in [0, 0.1) is 6.92 Å². The standard InChI is InChI=1S/C14H17NO4S/c1-10-4-2-3-5-13(10)19-8-14(16)15-7-12-6-11(15)9-20(12,17)18/h2-5,11-12H,6-9H2,1H3. The van der Waals surface area contributed by atoms with Crippen molar-refractivity contribution in [3.63, 3.8) is 0 Å². The van der Waals surface area contributed by atoms with Gasteiger partial charge < -0.3 is 9.64 Å². The van der Waals surface area contributed by atoms with Gasteiger partial charge >= 0.3 is 0 Å². The molecule has 1 aromatic rings. The highest BCUT2D eigenvalue weighted by Gasteiger charge is 2.49. The maximum atomic E-state index is 12.1. The van der Waals surface area contributed by atoms with Crippen LogP contribution in [0.15, 0.2) is 24.3 Å². The first-order valence-corrected chi connectivity index (χ1v) is 8.38. The second-order valence-corrected chi connectivity index (χ2v) is 7.77. The number of likely N-dealkylation sites (tertiary alicyclic amines) is 1. The predicted molar refractivity (Wildman–Crippen MR) is 74.4 cm³/mol. The van der Waals surface area contributed by atoms with Gasteiger partial charge in [-0.25, -0.2) is 8.42 Å². The Balaban J connectivity index is 1.61. The van der Waals surface area contributed by atoms with E-state index in [1.807, 2.05) is 31.2 Å². The Morgan fingerprint density at radius 1 is 1.40 bits per heavy atom. The van der Waals surface area contributed by atoms with Crippen molar-refractivity contribution in [2.75, 3.05) is 18.9 Å². The third-order valence-electron chi connectivity index (χ3n) is 4.07. The zero-order valence-corrected chi connectivity index (χ0v) is 12.1. The number of nitrogens with zero attached hydrogens (tertiary/aromatic N) is 1. The van der Waals surface area contributed by atoms with Crippen molar-refractivity contribution in [3.8, 4) is 5.75 Å². The SMILES string of the molecule is Cc1ccccc1OCC(=O)N1CC2CC1CS2(=O)=O. The first-order valence-electron chi connectivity index (χ1n) is 6.67. The monoisotopic (exact) mass is 295 g/mol. The van der Waals surface area contributed by atoms with Crippen LogP contribution in [0.25, 0.3) is 0 Å². The lowest BCUT2D eigenvalue weighted by atomic mass is 10.2. The fourth-order valence-electron chi connectivity index (χ4n) is 2.94.